The Balaban J connectivity index is 1.81. The first-order valence-electron chi connectivity index (χ1n) is 7.04. The lowest BCUT2D eigenvalue weighted by molar-refractivity contribution is -0.231. The summed E-state index contributed by atoms with van der Waals surface area (Å²) in [6, 6.07) is 0. The number of carbonyl (C=O) groups excluding carboxylic acids is 2. The molecule has 0 aromatic carbocycles. The third-order valence-electron chi connectivity index (χ3n) is 4.83. The zero-order valence-electron chi connectivity index (χ0n) is 11.2. The van der Waals surface area contributed by atoms with Crippen molar-refractivity contribution in [2.45, 2.75) is 49.7 Å². The van der Waals surface area contributed by atoms with Crippen LogP contribution in [0, 0.1) is 11.8 Å². The van der Waals surface area contributed by atoms with Crippen molar-refractivity contribution >= 4 is 11.9 Å². The standard InChI is InChI=1S/C14H18F2O4/c15-6-11(17)19-13-2-9-1-10(4-13)5-14(3-9,8-13)20-12(18)7-16/h9-10H,1-8H2. The predicted octanol–water partition coefficient (Wildman–Crippen LogP) is 2.10. The Labute approximate surface area is 115 Å². The van der Waals surface area contributed by atoms with Crippen LogP contribution in [-0.2, 0) is 19.1 Å². The Kier molecular flexibility index (Phi) is 3.21. The molecule has 0 aliphatic heterocycles. The number of alkyl halides is 2. The Hall–Kier alpha value is -1.20. The van der Waals surface area contributed by atoms with Crippen LogP contribution in [0.2, 0.25) is 0 Å². The van der Waals surface area contributed by atoms with Gasteiger partial charge in [-0.2, -0.15) is 0 Å². The molecule has 0 heterocycles. The Morgan fingerprint density at radius 2 is 1.30 bits per heavy atom. The highest BCUT2D eigenvalue weighted by molar-refractivity contribution is 5.72. The molecule has 4 fully saturated rings. The van der Waals surface area contributed by atoms with Gasteiger partial charge in [0.1, 0.15) is 11.2 Å². The van der Waals surface area contributed by atoms with E-state index in [2.05, 4.69) is 0 Å². The van der Waals surface area contributed by atoms with Gasteiger partial charge in [-0.05, 0) is 43.9 Å². The second-order valence-electron chi connectivity index (χ2n) is 6.54. The van der Waals surface area contributed by atoms with Crippen molar-refractivity contribution < 1.29 is 27.8 Å². The van der Waals surface area contributed by atoms with Gasteiger partial charge in [0.05, 0.1) is 0 Å². The monoisotopic (exact) mass is 288 g/mol. The molecular formula is C14H18F2O4. The summed E-state index contributed by atoms with van der Waals surface area (Å²) < 4.78 is 35.5. The fourth-order valence-corrected chi connectivity index (χ4v) is 4.87. The number of esters is 2. The summed E-state index contributed by atoms with van der Waals surface area (Å²) in [6.07, 6.45) is 4.19. The zero-order chi connectivity index (χ0) is 14.4. The second kappa shape index (κ2) is 4.67. The first kappa shape index (κ1) is 13.8. The van der Waals surface area contributed by atoms with Gasteiger partial charge in [-0.25, -0.2) is 18.4 Å². The van der Waals surface area contributed by atoms with E-state index in [-0.39, 0.29) is 0 Å². The third-order valence-corrected chi connectivity index (χ3v) is 4.83. The van der Waals surface area contributed by atoms with Gasteiger partial charge in [0.25, 0.3) is 0 Å². The zero-order valence-corrected chi connectivity index (χ0v) is 11.2. The van der Waals surface area contributed by atoms with Crippen LogP contribution in [0.15, 0.2) is 0 Å². The van der Waals surface area contributed by atoms with E-state index in [0.717, 1.165) is 6.42 Å². The number of hydrogen-bond donors (Lipinski definition) is 0. The minimum atomic E-state index is -1.14. The predicted molar refractivity (Wildman–Crippen MR) is 64.3 cm³/mol. The fourth-order valence-electron chi connectivity index (χ4n) is 4.87. The summed E-state index contributed by atoms with van der Waals surface area (Å²) in [5.41, 5.74) is -1.44. The quantitative estimate of drug-likeness (QED) is 0.743. The van der Waals surface area contributed by atoms with E-state index < -0.39 is 36.5 Å². The maximum Gasteiger partial charge on any atom is 0.338 e. The molecule has 0 aromatic rings. The van der Waals surface area contributed by atoms with Crippen molar-refractivity contribution in [2.75, 3.05) is 13.3 Å². The summed E-state index contributed by atoms with van der Waals surface area (Å²) >= 11 is 0. The lowest BCUT2D eigenvalue weighted by Gasteiger charge is -2.60. The number of carbonyl (C=O) groups is 2. The minimum absolute atomic E-state index is 0.302. The largest absolute Gasteiger partial charge is 0.457 e. The van der Waals surface area contributed by atoms with E-state index in [1.165, 1.54) is 0 Å². The van der Waals surface area contributed by atoms with Gasteiger partial charge in [-0.3, -0.25) is 0 Å². The maximum absolute atomic E-state index is 12.4. The summed E-state index contributed by atoms with van der Waals surface area (Å²) in [6.45, 7) is -2.29. The van der Waals surface area contributed by atoms with Crippen LogP contribution in [-0.4, -0.2) is 36.5 Å². The molecule has 4 bridgehead atoms. The Morgan fingerprint density at radius 1 is 0.900 bits per heavy atom. The number of rotatable bonds is 4. The lowest BCUT2D eigenvalue weighted by Crippen LogP contribution is -2.62. The smallest absolute Gasteiger partial charge is 0.338 e. The first-order chi connectivity index (χ1) is 9.48. The number of halogens is 2. The molecule has 4 saturated carbocycles. The highest BCUT2D eigenvalue weighted by atomic mass is 19.1. The average molecular weight is 288 g/mol. The van der Waals surface area contributed by atoms with Crippen molar-refractivity contribution in [3.8, 4) is 0 Å². The highest BCUT2D eigenvalue weighted by Crippen LogP contribution is 2.60. The van der Waals surface area contributed by atoms with Crippen LogP contribution in [0.4, 0.5) is 8.78 Å². The molecule has 6 heteroatoms. The van der Waals surface area contributed by atoms with Gasteiger partial charge >= 0.3 is 11.9 Å². The second-order valence-corrected chi connectivity index (χ2v) is 6.54. The minimum Gasteiger partial charge on any atom is -0.457 e. The Bertz CT molecular complexity index is 387. The van der Waals surface area contributed by atoms with E-state index in [9.17, 15) is 18.4 Å². The van der Waals surface area contributed by atoms with Crippen molar-refractivity contribution in [1.82, 2.24) is 0 Å². The SMILES string of the molecule is O=C(CF)OC12CC3CC(C1)CC(OC(=O)CF)(C3)C2. The molecular weight excluding hydrogens is 270 g/mol. The molecule has 112 valence electrons. The maximum atomic E-state index is 12.4. The molecule has 0 aromatic heterocycles. The number of ether oxygens (including phenoxy) is 2. The molecule has 0 N–H and O–H groups in total. The van der Waals surface area contributed by atoms with E-state index in [4.69, 9.17) is 9.47 Å². The summed E-state index contributed by atoms with van der Waals surface area (Å²) in [5, 5.41) is 0. The molecule has 4 rings (SSSR count). The topological polar surface area (TPSA) is 52.6 Å². The summed E-state index contributed by atoms with van der Waals surface area (Å²) in [5.74, 6) is -1.12. The van der Waals surface area contributed by atoms with Crippen LogP contribution < -0.4 is 0 Å². The van der Waals surface area contributed by atoms with Crippen LogP contribution in [0.1, 0.15) is 38.5 Å². The fraction of sp³-hybridized carbons (Fsp3) is 0.857. The van der Waals surface area contributed by atoms with Crippen LogP contribution in [0.5, 0.6) is 0 Å². The number of hydrogen-bond acceptors (Lipinski definition) is 4. The van der Waals surface area contributed by atoms with Gasteiger partial charge < -0.3 is 9.47 Å². The average Bonchev–Trinajstić information content (AvgIpc) is 2.35. The summed E-state index contributed by atoms with van der Waals surface area (Å²) in [7, 11) is 0. The van der Waals surface area contributed by atoms with Gasteiger partial charge in [0, 0.05) is 6.42 Å². The van der Waals surface area contributed by atoms with Crippen LogP contribution >= 0.6 is 0 Å². The van der Waals surface area contributed by atoms with Crippen molar-refractivity contribution in [3.63, 3.8) is 0 Å². The van der Waals surface area contributed by atoms with Crippen LogP contribution in [0.25, 0.3) is 0 Å². The molecule has 0 radical (unpaired) electrons. The molecule has 0 saturated heterocycles. The normalized spacial score (nSPS) is 41.5. The molecule has 4 aliphatic carbocycles. The molecule has 4 nitrogen and oxygen atoms in total. The third kappa shape index (κ3) is 2.29. The van der Waals surface area contributed by atoms with Gasteiger partial charge in [-0.1, -0.05) is 0 Å². The van der Waals surface area contributed by atoms with E-state index in [0.29, 0.717) is 43.9 Å². The lowest BCUT2D eigenvalue weighted by atomic mass is 9.52. The van der Waals surface area contributed by atoms with E-state index in [1.54, 1.807) is 0 Å². The Morgan fingerprint density at radius 3 is 1.65 bits per heavy atom. The highest BCUT2D eigenvalue weighted by Gasteiger charge is 2.61. The van der Waals surface area contributed by atoms with Crippen LogP contribution in [0.3, 0.4) is 0 Å². The van der Waals surface area contributed by atoms with Gasteiger partial charge in [0.15, 0.2) is 13.3 Å². The molecule has 0 amide bonds. The molecule has 0 spiro atoms. The first-order valence-corrected chi connectivity index (χ1v) is 7.04. The summed E-state index contributed by atoms with van der Waals surface area (Å²) in [4.78, 5) is 22.6. The molecule has 0 unspecified atom stereocenters. The van der Waals surface area contributed by atoms with Crippen molar-refractivity contribution in [2.24, 2.45) is 11.8 Å². The molecule has 4 aliphatic rings. The van der Waals surface area contributed by atoms with Crippen molar-refractivity contribution in [3.05, 3.63) is 0 Å². The van der Waals surface area contributed by atoms with Gasteiger partial charge in [-0.15, -0.1) is 0 Å². The van der Waals surface area contributed by atoms with Gasteiger partial charge in [0.2, 0.25) is 0 Å². The molecule has 0 atom stereocenters. The van der Waals surface area contributed by atoms with E-state index >= 15 is 0 Å². The molecule has 20 heavy (non-hydrogen) atoms. The van der Waals surface area contributed by atoms with Crippen molar-refractivity contribution in [1.29, 1.82) is 0 Å². The van der Waals surface area contributed by atoms with E-state index in [1.807, 2.05) is 0 Å².